The van der Waals surface area contributed by atoms with Gasteiger partial charge in [-0.2, -0.15) is 0 Å². The van der Waals surface area contributed by atoms with Crippen LogP contribution in [0.15, 0.2) is 48.5 Å². The van der Waals surface area contributed by atoms with E-state index in [1.54, 1.807) is 17.0 Å². The van der Waals surface area contributed by atoms with E-state index in [4.69, 9.17) is 5.11 Å². The Morgan fingerprint density at radius 2 is 1.79 bits per heavy atom. The summed E-state index contributed by atoms with van der Waals surface area (Å²) in [6, 6.07) is 14.1. The summed E-state index contributed by atoms with van der Waals surface area (Å²) in [5.74, 6) is -0.175. The summed E-state index contributed by atoms with van der Waals surface area (Å²) < 4.78 is 12.9. The Balaban J connectivity index is 1.51. The van der Waals surface area contributed by atoms with E-state index in [0.29, 0.717) is 13.0 Å². The fraction of sp³-hybridized carbons (Fsp3) is 0.316. The Hall–Kier alpha value is -2.40. The predicted molar refractivity (Wildman–Crippen MR) is 91.1 cm³/mol. The van der Waals surface area contributed by atoms with Gasteiger partial charge in [0.25, 0.3) is 0 Å². The standard InChI is InChI=1S/C19H21FN2O2/c20-16-5-1-15(2-6-16)12-21-17-7-3-14(4-8-17)11-19(24)22-10-9-18(22)13-23/h1-8,18,21,23H,9-13H2/t18-/m1/s1. The SMILES string of the molecule is O=C(Cc1ccc(NCc2ccc(F)cc2)cc1)N1CC[C@@H]1CO. The highest BCUT2D eigenvalue weighted by Gasteiger charge is 2.30. The molecule has 24 heavy (non-hydrogen) atoms. The summed E-state index contributed by atoms with van der Waals surface area (Å²) in [4.78, 5) is 13.9. The third-order valence-corrected chi connectivity index (χ3v) is 4.39. The van der Waals surface area contributed by atoms with Crippen molar-refractivity contribution in [2.24, 2.45) is 0 Å². The van der Waals surface area contributed by atoms with E-state index in [2.05, 4.69) is 5.32 Å². The fourth-order valence-corrected chi connectivity index (χ4v) is 2.78. The lowest BCUT2D eigenvalue weighted by Crippen LogP contribution is -2.53. The quantitative estimate of drug-likeness (QED) is 0.857. The van der Waals surface area contributed by atoms with E-state index < -0.39 is 0 Å². The van der Waals surface area contributed by atoms with Gasteiger partial charge in [-0.15, -0.1) is 0 Å². The number of aliphatic hydroxyl groups is 1. The van der Waals surface area contributed by atoms with E-state index in [0.717, 1.165) is 29.8 Å². The average molecular weight is 328 g/mol. The molecule has 0 aliphatic carbocycles. The number of nitrogens with one attached hydrogen (secondary N) is 1. The normalized spacial score (nSPS) is 16.6. The maximum atomic E-state index is 12.9. The van der Waals surface area contributed by atoms with Gasteiger partial charge in [0, 0.05) is 18.8 Å². The monoisotopic (exact) mass is 328 g/mol. The number of amides is 1. The van der Waals surface area contributed by atoms with Crippen LogP contribution in [0.2, 0.25) is 0 Å². The minimum atomic E-state index is -0.238. The van der Waals surface area contributed by atoms with Crippen molar-refractivity contribution in [1.82, 2.24) is 4.90 Å². The van der Waals surface area contributed by atoms with Crippen LogP contribution in [0.3, 0.4) is 0 Å². The molecule has 1 fully saturated rings. The Morgan fingerprint density at radius 1 is 1.12 bits per heavy atom. The molecule has 0 spiro atoms. The second-order valence-electron chi connectivity index (χ2n) is 6.07. The molecule has 2 aromatic rings. The van der Waals surface area contributed by atoms with E-state index in [1.165, 1.54) is 12.1 Å². The first-order valence-electron chi connectivity index (χ1n) is 8.13. The van der Waals surface area contributed by atoms with Crippen LogP contribution >= 0.6 is 0 Å². The molecule has 1 aliphatic rings. The lowest BCUT2D eigenvalue weighted by Gasteiger charge is -2.40. The van der Waals surface area contributed by atoms with Crippen molar-refractivity contribution >= 4 is 11.6 Å². The molecule has 1 amide bonds. The first-order valence-corrected chi connectivity index (χ1v) is 8.13. The third-order valence-electron chi connectivity index (χ3n) is 4.39. The van der Waals surface area contributed by atoms with Gasteiger partial charge in [0.2, 0.25) is 5.91 Å². The molecule has 1 aliphatic heterocycles. The molecule has 0 unspecified atom stereocenters. The fourth-order valence-electron chi connectivity index (χ4n) is 2.78. The van der Waals surface area contributed by atoms with Crippen LogP contribution in [0.1, 0.15) is 17.5 Å². The molecule has 1 saturated heterocycles. The van der Waals surface area contributed by atoms with Gasteiger partial charge in [-0.25, -0.2) is 4.39 Å². The molecule has 0 radical (unpaired) electrons. The summed E-state index contributed by atoms with van der Waals surface area (Å²) in [5, 5.41) is 12.4. The van der Waals surface area contributed by atoms with Gasteiger partial charge >= 0.3 is 0 Å². The topological polar surface area (TPSA) is 52.6 Å². The molecule has 0 bridgehead atoms. The zero-order valence-electron chi connectivity index (χ0n) is 13.4. The third kappa shape index (κ3) is 3.92. The number of carbonyl (C=O) groups is 1. The molecule has 1 heterocycles. The smallest absolute Gasteiger partial charge is 0.227 e. The molecule has 126 valence electrons. The molecule has 3 rings (SSSR count). The van der Waals surface area contributed by atoms with E-state index in [1.807, 2.05) is 24.3 Å². The first-order chi connectivity index (χ1) is 11.7. The number of hydrogen-bond acceptors (Lipinski definition) is 3. The number of rotatable bonds is 6. The van der Waals surface area contributed by atoms with Crippen LogP contribution < -0.4 is 5.32 Å². The summed E-state index contributed by atoms with van der Waals surface area (Å²) in [7, 11) is 0. The molecular formula is C19H21FN2O2. The second kappa shape index (κ2) is 7.45. The van der Waals surface area contributed by atoms with Crippen LogP contribution in [0.25, 0.3) is 0 Å². The highest BCUT2D eigenvalue weighted by Crippen LogP contribution is 2.19. The number of carbonyl (C=O) groups excluding carboxylic acids is 1. The maximum absolute atomic E-state index is 12.9. The summed E-state index contributed by atoms with van der Waals surface area (Å²) in [6.07, 6.45) is 1.24. The molecular weight excluding hydrogens is 307 g/mol. The number of nitrogens with zero attached hydrogens (tertiary/aromatic N) is 1. The highest BCUT2D eigenvalue weighted by molar-refractivity contribution is 5.80. The Bertz CT molecular complexity index is 684. The van der Waals surface area contributed by atoms with Gasteiger partial charge in [-0.1, -0.05) is 24.3 Å². The van der Waals surface area contributed by atoms with Gasteiger partial charge in [-0.05, 0) is 41.8 Å². The summed E-state index contributed by atoms with van der Waals surface area (Å²) >= 11 is 0. The van der Waals surface area contributed by atoms with E-state index >= 15 is 0 Å². The number of benzene rings is 2. The van der Waals surface area contributed by atoms with Crippen molar-refractivity contribution in [3.05, 3.63) is 65.5 Å². The van der Waals surface area contributed by atoms with Crippen LogP contribution in [-0.2, 0) is 17.8 Å². The lowest BCUT2D eigenvalue weighted by molar-refractivity contribution is -0.139. The number of halogens is 1. The molecule has 0 saturated carbocycles. The predicted octanol–water partition coefficient (Wildman–Crippen LogP) is 2.57. The molecule has 2 aromatic carbocycles. The van der Waals surface area contributed by atoms with Crippen LogP contribution in [-0.4, -0.2) is 35.1 Å². The largest absolute Gasteiger partial charge is 0.394 e. The number of aliphatic hydroxyl groups excluding tert-OH is 1. The molecule has 2 N–H and O–H groups in total. The van der Waals surface area contributed by atoms with Crippen LogP contribution in [0, 0.1) is 5.82 Å². The maximum Gasteiger partial charge on any atom is 0.227 e. The van der Waals surface area contributed by atoms with Gasteiger partial charge in [0.15, 0.2) is 0 Å². The summed E-state index contributed by atoms with van der Waals surface area (Å²) in [6.45, 7) is 1.39. The number of hydrogen-bond donors (Lipinski definition) is 2. The van der Waals surface area contributed by atoms with Gasteiger partial charge in [0.05, 0.1) is 19.1 Å². The Kier molecular flexibility index (Phi) is 5.11. The molecule has 4 nitrogen and oxygen atoms in total. The van der Waals surface area contributed by atoms with Crippen molar-refractivity contribution in [3.63, 3.8) is 0 Å². The number of likely N-dealkylation sites (tertiary alicyclic amines) is 1. The van der Waals surface area contributed by atoms with Crippen molar-refractivity contribution < 1.29 is 14.3 Å². The van der Waals surface area contributed by atoms with Crippen molar-refractivity contribution in [2.75, 3.05) is 18.5 Å². The zero-order valence-corrected chi connectivity index (χ0v) is 13.4. The Labute approximate surface area is 140 Å². The van der Waals surface area contributed by atoms with Gasteiger partial charge in [0.1, 0.15) is 5.82 Å². The van der Waals surface area contributed by atoms with Gasteiger partial charge < -0.3 is 15.3 Å². The minimum Gasteiger partial charge on any atom is -0.394 e. The first kappa shape index (κ1) is 16.5. The summed E-state index contributed by atoms with van der Waals surface area (Å²) in [5.41, 5.74) is 2.91. The van der Waals surface area contributed by atoms with Crippen molar-refractivity contribution in [2.45, 2.75) is 25.4 Å². The minimum absolute atomic E-state index is 0.00542. The van der Waals surface area contributed by atoms with E-state index in [9.17, 15) is 9.18 Å². The second-order valence-corrected chi connectivity index (χ2v) is 6.07. The van der Waals surface area contributed by atoms with Crippen LogP contribution in [0.4, 0.5) is 10.1 Å². The van der Waals surface area contributed by atoms with E-state index in [-0.39, 0.29) is 24.4 Å². The average Bonchev–Trinajstić information content (AvgIpc) is 2.55. The molecule has 1 atom stereocenters. The lowest BCUT2D eigenvalue weighted by atomic mass is 10.0. The van der Waals surface area contributed by atoms with Crippen molar-refractivity contribution in [1.29, 1.82) is 0 Å². The van der Waals surface area contributed by atoms with Crippen molar-refractivity contribution in [3.8, 4) is 0 Å². The Morgan fingerprint density at radius 3 is 2.38 bits per heavy atom. The number of anilines is 1. The highest BCUT2D eigenvalue weighted by atomic mass is 19.1. The molecule has 0 aromatic heterocycles. The zero-order chi connectivity index (χ0) is 16.9. The molecule has 5 heteroatoms. The van der Waals surface area contributed by atoms with Gasteiger partial charge in [-0.3, -0.25) is 4.79 Å². The van der Waals surface area contributed by atoms with Crippen LogP contribution in [0.5, 0.6) is 0 Å².